The summed E-state index contributed by atoms with van der Waals surface area (Å²) in [5, 5.41) is 10.4. The van der Waals surface area contributed by atoms with Gasteiger partial charge in [-0.05, 0) is 55.9 Å². The molecule has 7 nitrogen and oxygen atoms in total. The van der Waals surface area contributed by atoms with E-state index in [0.717, 1.165) is 22.3 Å². The van der Waals surface area contributed by atoms with Crippen LogP contribution >= 0.6 is 11.5 Å². The Morgan fingerprint density at radius 1 is 1.00 bits per heavy atom. The Hall–Kier alpha value is -3.65. The highest BCUT2D eigenvalue weighted by Crippen LogP contribution is 2.34. The van der Waals surface area contributed by atoms with E-state index in [4.69, 9.17) is 0 Å². The molecular weight excluding hydrogens is 422 g/mol. The van der Waals surface area contributed by atoms with Crippen molar-refractivity contribution < 1.29 is 9.59 Å². The van der Waals surface area contributed by atoms with Gasteiger partial charge in [0, 0.05) is 22.5 Å². The van der Waals surface area contributed by atoms with Crippen molar-refractivity contribution in [2.75, 3.05) is 4.90 Å². The maximum atomic E-state index is 13.8. The van der Waals surface area contributed by atoms with Crippen LogP contribution in [-0.2, 0) is 4.79 Å². The topological polar surface area (TPSA) is 88.1 Å². The van der Waals surface area contributed by atoms with E-state index in [0.29, 0.717) is 11.4 Å². The zero-order valence-electron chi connectivity index (χ0n) is 18.0. The normalized spacial score (nSPS) is 12.3. The molecule has 4 aromatic rings. The Bertz CT molecular complexity index is 1230. The number of benzene rings is 2. The van der Waals surface area contributed by atoms with E-state index < -0.39 is 17.5 Å². The lowest BCUT2D eigenvalue weighted by Crippen LogP contribution is -2.50. The second-order valence-electron chi connectivity index (χ2n) is 8.36. The molecule has 32 heavy (non-hydrogen) atoms. The minimum Gasteiger partial charge on any atom is -0.349 e. The Morgan fingerprint density at radius 2 is 1.75 bits per heavy atom. The predicted octanol–water partition coefficient (Wildman–Crippen LogP) is 4.39. The van der Waals surface area contributed by atoms with Gasteiger partial charge in [0.05, 0.1) is 11.4 Å². The van der Waals surface area contributed by atoms with Crippen LogP contribution in [0.3, 0.4) is 0 Å². The number of fused-ring (bicyclic) bond motifs is 1. The lowest BCUT2D eigenvalue weighted by Gasteiger charge is -2.33. The number of aromatic nitrogens is 3. The average molecular weight is 446 g/mol. The molecule has 0 aliphatic heterocycles. The van der Waals surface area contributed by atoms with Gasteiger partial charge in [0.25, 0.3) is 5.91 Å². The van der Waals surface area contributed by atoms with Crippen LogP contribution in [0, 0.1) is 0 Å². The first-order chi connectivity index (χ1) is 15.3. The molecule has 0 aliphatic rings. The molecule has 2 amide bonds. The smallest absolute Gasteiger partial charge is 0.280 e. The first-order valence-electron chi connectivity index (χ1n) is 10.2. The number of hydrogen-bond acceptors (Lipinski definition) is 6. The minimum atomic E-state index is -1.00. The van der Waals surface area contributed by atoms with Crippen LogP contribution < -0.4 is 10.2 Å². The highest BCUT2D eigenvalue weighted by molar-refractivity contribution is 7.03. The standard InChI is InChI=1S/C24H23N5O2S/c1-24(2,3)26-22(30)21(18-12-6-7-14-25-18)29(23(31)19-15-32-28-27-19)20-13-8-10-16-9-4-5-11-17(16)20/h4-15,21H,1-3H3,(H,26,30)/t21-/m1/s1. The van der Waals surface area contributed by atoms with E-state index in [2.05, 4.69) is 19.9 Å². The molecule has 0 saturated heterocycles. The average Bonchev–Trinajstić information content (AvgIpc) is 3.31. The summed E-state index contributed by atoms with van der Waals surface area (Å²) in [6.07, 6.45) is 1.61. The third-order valence-corrected chi connectivity index (χ3v) is 5.30. The SMILES string of the molecule is CC(C)(C)NC(=O)[C@@H](c1ccccn1)N(C(=O)c1csnn1)c1cccc2ccccc12. The van der Waals surface area contributed by atoms with Crippen molar-refractivity contribution in [1.29, 1.82) is 0 Å². The van der Waals surface area contributed by atoms with Gasteiger partial charge >= 0.3 is 0 Å². The van der Waals surface area contributed by atoms with Gasteiger partial charge in [0.15, 0.2) is 11.7 Å². The Kier molecular flexibility index (Phi) is 5.96. The van der Waals surface area contributed by atoms with Gasteiger partial charge in [-0.15, -0.1) is 5.10 Å². The lowest BCUT2D eigenvalue weighted by molar-refractivity contribution is -0.124. The molecule has 2 aromatic carbocycles. The first-order valence-corrected chi connectivity index (χ1v) is 11.0. The van der Waals surface area contributed by atoms with E-state index in [1.165, 1.54) is 4.90 Å². The number of carbonyl (C=O) groups excluding carboxylic acids is 2. The number of amides is 2. The summed E-state index contributed by atoms with van der Waals surface area (Å²) in [7, 11) is 0. The Labute approximate surface area is 190 Å². The molecular formula is C24H23N5O2S. The maximum absolute atomic E-state index is 13.8. The van der Waals surface area contributed by atoms with E-state index >= 15 is 0 Å². The molecule has 2 aromatic heterocycles. The molecule has 162 valence electrons. The molecule has 0 fully saturated rings. The van der Waals surface area contributed by atoms with E-state index in [9.17, 15) is 9.59 Å². The van der Waals surface area contributed by atoms with Gasteiger partial charge in [-0.2, -0.15) is 0 Å². The maximum Gasteiger partial charge on any atom is 0.280 e. The predicted molar refractivity (Wildman–Crippen MR) is 126 cm³/mol. The van der Waals surface area contributed by atoms with Crippen molar-refractivity contribution in [2.45, 2.75) is 32.4 Å². The fraction of sp³-hybridized carbons (Fsp3) is 0.208. The van der Waals surface area contributed by atoms with E-state index in [1.807, 2.05) is 63.2 Å². The van der Waals surface area contributed by atoms with Crippen LogP contribution in [0.15, 0.2) is 72.2 Å². The van der Waals surface area contributed by atoms with Gasteiger partial charge in [-0.25, -0.2) is 0 Å². The number of nitrogens with one attached hydrogen (secondary N) is 1. The van der Waals surface area contributed by atoms with Crippen LogP contribution in [0.2, 0.25) is 0 Å². The summed E-state index contributed by atoms with van der Waals surface area (Å²) in [6, 6.07) is 17.7. The fourth-order valence-electron chi connectivity index (χ4n) is 3.52. The van der Waals surface area contributed by atoms with Gasteiger partial charge in [-0.1, -0.05) is 47.0 Å². The van der Waals surface area contributed by atoms with Crippen molar-refractivity contribution in [3.05, 3.63) is 83.6 Å². The molecule has 1 atom stereocenters. The van der Waals surface area contributed by atoms with Crippen LogP contribution in [-0.4, -0.2) is 31.9 Å². The quantitative estimate of drug-likeness (QED) is 0.492. The van der Waals surface area contributed by atoms with Crippen LogP contribution in [0.5, 0.6) is 0 Å². The van der Waals surface area contributed by atoms with Crippen LogP contribution in [0.25, 0.3) is 10.8 Å². The molecule has 4 rings (SSSR count). The molecule has 0 saturated carbocycles. The third kappa shape index (κ3) is 4.50. The molecule has 0 aliphatic carbocycles. The largest absolute Gasteiger partial charge is 0.349 e. The number of carbonyl (C=O) groups is 2. The van der Waals surface area contributed by atoms with Crippen molar-refractivity contribution in [1.82, 2.24) is 19.9 Å². The van der Waals surface area contributed by atoms with Gasteiger partial charge in [0.2, 0.25) is 5.91 Å². The zero-order valence-corrected chi connectivity index (χ0v) is 18.8. The van der Waals surface area contributed by atoms with Crippen LogP contribution in [0.1, 0.15) is 43.0 Å². The number of hydrogen-bond donors (Lipinski definition) is 1. The summed E-state index contributed by atoms with van der Waals surface area (Å²) in [5.41, 5.74) is 0.728. The van der Waals surface area contributed by atoms with Gasteiger partial charge in [0.1, 0.15) is 0 Å². The summed E-state index contributed by atoms with van der Waals surface area (Å²) >= 11 is 1.09. The minimum absolute atomic E-state index is 0.174. The molecule has 1 N–H and O–H groups in total. The van der Waals surface area contributed by atoms with Crippen LogP contribution in [0.4, 0.5) is 5.69 Å². The van der Waals surface area contributed by atoms with Gasteiger partial charge in [-0.3, -0.25) is 19.5 Å². The van der Waals surface area contributed by atoms with Crippen molar-refractivity contribution in [3.8, 4) is 0 Å². The van der Waals surface area contributed by atoms with Gasteiger partial charge < -0.3 is 5.32 Å². The monoisotopic (exact) mass is 445 g/mol. The van der Waals surface area contributed by atoms with E-state index in [-0.39, 0.29) is 11.6 Å². The fourth-order valence-corrected chi connectivity index (χ4v) is 3.95. The second kappa shape index (κ2) is 8.84. The molecule has 8 heteroatoms. The third-order valence-electron chi connectivity index (χ3n) is 4.80. The zero-order chi connectivity index (χ0) is 22.7. The summed E-state index contributed by atoms with van der Waals surface area (Å²) in [6.45, 7) is 5.69. The highest BCUT2D eigenvalue weighted by atomic mass is 32.1. The number of pyridine rings is 1. The molecule has 0 spiro atoms. The molecule has 0 bridgehead atoms. The van der Waals surface area contributed by atoms with E-state index in [1.54, 1.807) is 29.8 Å². The molecule has 2 heterocycles. The summed E-state index contributed by atoms with van der Waals surface area (Å²) in [4.78, 5) is 33.3. The molecule has 0 radical (unpaired) electrons. The molecule has 0 unspecified atom stereocenters. The van der Waals surface area contributed by atoms with Crippen molar-refractivity contribution in [2.24, 2.45) is 0 Å². The lowest BCUT2D eigenvalue weighted by atomic mass is 10.0. The first kappa shape index (κ1) is 21.6. The Balaban J connectivity index is 1.95. The Morgan fingerprint density at radius 3 is 2.44 bits per heavy atom. The van der Waals surface area contributed by atoms with Crippen molar-refractivity contribution >= 4 is 39.8 Å². The van der Waals surface area contributed by atoms with Crippen molar-refractivity contribution in [3.63, 3.8) is 0 Å². The summed E-state index contributed by atoms with van der Waals surface area (Å²) < 4.78 is 3.85. The number of rotatable bonds is 5. The number of nitrogens with zero attached hydrogens (tertiary/aromatic N) is 4. The number of anilines is 1. The summed E-state index contributed by atoms with van der Waals surface area (Å²) in [5.74, 6) is -0.754. The second-order valence-corrected chi connectivity index (χ2v) is 8.97. The highest BCUT2D eigenvalue weighted by Gasteiger charge is 2.37.